The first-order valence-corrected chi connectivity index (χ1v) is 5.23. The summed E-state index contributed by atoms with van der Waals surface area (Å²) >= 11 is 11.1. The first-order chi connectivity index (χ1) is 5.11. The molecule has 0 saturated carbocycles. The third kappa shape index (κ3) is 2.30. The number of halogens is 3. The largest absolute Gasteiger partial charge is 0.242 e. The van der Waals surface area contributed by atoms with Crippen LogP contribution in [-0.2, 0) is 10.0 Å². The lowest BCUT2D eigenvalue weighted by Gasteiger charge is -1.96. The fourth-order valence-electron chi connectivity index (χ4n) is 0.517. The third-order valence-corrected chi connectivity index (χ3v) is 2.72. The SMILES string of the molecule is O=S(Cl)c1cc(Cl)cnc1Cl. The molecule has 1 heterocycles. The highest BCUT2D eigenvalue weighted by Crippen LogP contribution is 2.22. The quantitative estimate of drug-likeness (QED) is 0.548. The molecule has 1 rings (SSSR count). The Hall–Kier alpha value is 0.170. The van der Waals surface area contributed by atoms with Crippen molar-refractivity contribution in [1.82, 2.24) is 4.98 Å². The third-order valence-electron chi connectivity index (χ3n) is 0.946. The van der Waals surface area contributed by atoms with Crippen LogP contribution in [-0.4, -0.2) is 9.19 Å². The van der Waals surface area contributed by atoms with Crippen molar-refractivity contribution in [3.63, 3.8) is 0 Å². The molecular formula is C5H2Cl3NOS. The molecule has 1 atom stereocenters. The highest BCUT2D eigenvalue weighted by Gasteiger charge is 2.07. The molecule has 0 radical (unpaired) electrons. The van der Waals surface area contributed by atoms with Gasteiger partial charge in [0.25, 0.3) is 0 Å². The number of aromatic nitrogens is 1. The molecule has 6 heteroatoms. The predicted octanol–water partition coefficient (Wildman–Crippen LogP) is 2.65. The Kier molecular flexibility index (Phi) is 3.13. The standard InChI is InChI=1S/C5H2Cl3NOS/c6-3-1-4(11(8)10)5(7)9-2-3/h1-2H. The molecule has 60 valence electrons. The van der Waals surface area contributed by atoms with E-state index < -0.39 is 10.0 Å². The Morgan fingerprint density at radius 2 is 2.09 bits per heavy atom. The Bertz CT molecular complexity index is 304. The maximum atomic E-state index is 10.7. The Balaban J connectivity index is 3.23. The molecule has 2 nitrogen and oxygen atoms in total. The molecule has 1 aromatic heterocycles. The number of hydrogen-bond acceptors (Lipinski definition) is 2. The summed E-state index contributed by atoms with van der Waals surface area (Å²) in [6, 6.07) is 1.42. The normalized spacial score (nSPS) is 13.0. The Labute approximate surface area is 80.4 Å². The molecule has 1 aromatic rings. The second-order valence-corrected chi connectivity index (χ2v) is 4.19. The summed E-state index contributed by atoms with van der Waals surface area (Å²) in [6.07, 6.45) is 1.36. The average molecular weight is 231 g/mol. The molecule has 0 bridgehead atoms. The van der Waals surface area contributed by atoms with Crippen LogP contribution in [0.15, 0.2) is 17.2 Å². The van der Waals surface area contributed by atoms with Gasteiger partial charge in [0.1, 0.15) is 5.15 Å². The van der Waals surface area contributed by atoms with Crippen LogP contribution in [0, 0.1) is 0 Å². The fraction of sp³-hybridized carbons (Fsp3) is 0. The van der Waals surface area contributed by atoms with E-state index in [9.17, 15) is 4.21 Å². The molecule has 0 amide bonds. The predicted molar refractivity (Wildman–Crippen MR) is 46.5 cm³/mol. The smallest absolute Gasteiger partial charge is 0.150 e. The highest BCUT2D eigenvalue weighted by molar-refractivity contribution is 8.08. The zero-order chi connectivity index (χ0) is 8.43. The van der Waals surface area contributed by atoms with Gasteiger partial charge in [-0.15, -0.1) is 0 Å². The van der Waals surface area contributed by atoms with E-state index in [2.05, 4.69) is 4.98 Å². The highest BCUT2D eigenvalue weighted by atomic mass is 35.7. The topological polar surface area (TPSA) is 30.0 Å². The zero-order valence-corrected chi connectivity index (χ0v) is 8.14. The molecule has 0 spiro atoms. The van der Waals surface area contributed by atoms with E-state index in [1.54, 1.807) is 0 Å². The molecule has 0 N–H and O–H groups in total. The summed E-state index contributed by atoms with van der Waals surface area (Å²) in [5, 5.41) is 0.473. The maximum Gasteiger partial charge on any atom is 0.150 e. The summed E-state index contributed by atoms with van der Waals surface area (Å²) in [7, 11) is 3.61. The minimum atomic E-state index is -1.66. The second-order valence-electron chi connectivity index (χ2n) is 1.67. The van der Waals surface area contributed by atoms with Crippen molar-refractivity contribution in [3.05, 3.63) is 22.4 Å². The molecule has 0 aliphatic carbocycles. The molecule has 0 saturated heterocycles. The van der Waals surface area contributed by atoms with Crippen molar-refractivity contribution < 1.29 is 4.21 Å². The van der Waals surface area contributed by atoms with E-state index in [1.807, 2.05) is 0 Å². The van der Waals surface area contributed by atoms with E-state index in [4.69, 9.17) is 33.9 Å². The molecule has 0 aliphatic heterocycles. The first-order valence-electron chi connectivity index (χ1n) is 2.50. The van der Waals surface area contributed by atoms with Crippen LogP contribution in [0.2, 0.25) is 10.2 Å². The molecule has 11 heavy (non-hydrogen) atoms. The molecule has 1 unspecified atom stereocenters. The van der Waals surface area contributed by atoms with Crippen molar-refractivity contribution in [2.45, 2.75) is 4.90 Å². The number of pyridine rings is 1. The van der Waals surface area contributed by atoms with Crippen molar-refractivity contribution >= 4 is 43.9 Å². The zero-order valence-electron chi connectivity index (χ0n) is 5.05. The lowest BCUT2D eigenvalue weighted by molar-refractivity contribution is 0.691. The van der Waals surface area contributed by atoms with Crippen molar-refractivity contribution in [3.8, 4) is 0 Å². The molecule has 0 aliphatic rings. The van der Waals surface area contributed by atoms with Crippen LogP contribution in [0.5, 0.6) is 0 Å². The van der Waals surface area contributed by atoms with Crippen LogP contribution >= 0.6 is 33.9 Å². The minimum Gasteiger partial charge on any atom is -0.242 e. The van der Waals surface area contributed by atoms with E-state index in [0.717, 1.165) is 0 Å². The lowest BCUT2D eigenvalue weighted by Crippen LogP contribution is -1.86. The lowest BCUT2D eigenvalue weighted by atomic mass is 10.5. The van der Waals surface area contributed by atoms with Gasteiger partial charge >= 0.3 is 0 Å². The number of hydrogen-bond donors (Lipinski definition) is 0. The van der Waals surface area contributed by atoms with Gasteiger partial charge in [-0.25, -0.2) is 9.19 Å². The number of nitrogens with zero attached hydrogens (tertiary/aromatic N) is 1. The summed E-state index contributed by atoms with van der Waals surface area (Å²) in [5.74, 6) is 0. The van der Waals surface area contributed by atoms with Crippen molar-refractivity contribution in [2.75, 3.05) is 0 Å². The summed E-state index contributed by atoms with van der Waals surface area (Å²) in [6.45, 7) is 0. The summed E-state index contributed by atoms with van der Waals surface area (Å²) in [4.78, 5) is 3.89. The van der Waals surface area contributed by atoms with Gasteiger partial charge < -0.3 is 0 Å². The fourth-order valence-corrected chi connectivity index (χ4v) is 1.93. The van der Waals surface area contributed by atoms with Crippen LogP contribution < -0.4 is 0 Å². The van der Waals surface area contributed by atoms with E-state index in [0.29, 0.717) is 5.02 Å². The summed E-state index contributed by atoms with van der Waals surface area (Å²) < 4.78 is 10.7. The van der Waals surface area contributed by atoms with Crippen LogP contribution in [0.3, 0.4) is 0 Å². The van der Waals surface area contributed by atoms with Gasteiger partial charge in [0.15, 0.2) is 10.0 Å². The average Bonchev–Trinajstić information content (AvgIpc) is 1.94. The van der Waals surface area contributed by atoms with E-state index in [-0.39, 0.29) is 10.0 Å². The van der Waals surface area contributed by atoms with Crippen LogP contribution in [0.1, 0.15) is 0 Å². The van der Waals surface area contributed by atoms with E-state index in [1.165, 1.54) is 12.3 Å². The van der Waals surface area contributed by atoms with Gasteiger partial charge in [-0.1, -0.05) is 23.2 Å². The van der Waals surface area contributed by atoms with E-state index >= 15 is 0 Å². The monoisotopic (exact) mass is 229 g/mol. The summed E-state index contributed by atoms with van der Waals surface area (Å²) in [5.41, 5.74) is 0. The van der Waals surface area contributed by atoms with Crippen molar-refractivity contribution in [2.24, 2.45) is 0 Å². The van der Waals surface area contributed by atoms with Gasteiger partial charge in [-0.2, -0.15) is 0 Å². The van der Waals surface area contributed by atoms with Gasteiger partial charge in [0.2, 0.25) is 0 Å². The van der Waals surface area contributed by atoms with Gasteiger partial charge in [0, 0.05) is 6.20 Å². The van der Waals surface area contributed by atoms with Crippen LogP contribution in [0.4, 0.5) is 0 Å². The minimum absolute atomic E-state index is 0.114. The second kappa shape index (κ2) is 3.72. The first kappa shape index (κ1) is 9.26. The van der Waals surface area contributed by atoms with Crippen molar-refractivity contribution in [1.29, 1.82) is 0 Å². The van der Waals surface area contributed by atoms with Crippen LogP contribution in [0.25, 0.3) is 0 Å². The van der Waals surface area contributed by atoms with Gasteiger partial charge in [-0.05, 0) is 16.7 Å². The van der Waals surface area contributed by atoms with Gasteiger partial charge in [0.05, 0.1) is 9.92 Å². The van der Waals surface area contributed by atoms with Gasteiger partial charge in [-0.3, -0.25) is 0 Å². The maximum absolute atomic E-state index is 10.7. The Morgan fingerprint density at radius 1 is 1.45 bits per heavy atom. The molecular weight excluding hydrogens is 228 g/mol. The number of rotatable bonds is 1. The molecule has 0 aromatic carbocycles. The Morgan fingerprint density at radius 3 is 2.55 bits per heavy atom. The molecule has 0 fully saturated rings.